The summed E-state index contributed by atoms with van der Waals surface area (Å²) in [5, 5.41) is 3.16. The Morgan fingerprint density at radius 1 is 0.815 bits per heavy atom. The molecule has 2 aromatic carbocycles. The van der Waals surface area contributed by atoms with E-state index in [9.17, 15) is 8.42 Å². The monoisotopic (exact) mass is 381 g/mol. The zero-order valence-corrected chi connectivity index (χ0v) is 16.4. The van der Waals surface area contributed by atoms with Gasteiger partial charge in [0.25, 0.3) is 10.0 Å². The van der Waals surface area contributed by atoms with Crippen LogP contribution in [0.3, 0.4) is 0 Å². The van der Waals surface area contributed by atoms with Gasteiger partial charge in [0.05, 0.1) is 16.8 Å². The molecule has 27 heavy (non-hydrogen) atoms. The van der Waals surface area contributed by atoms with E-state index in [0.29, 0.717) is 11.5 Å². The van der Waals surface area contributed by atoms with Gasteiger partial charge in [0.2, 0.25) is 0 Å². The van der Waals surface area contributed by atoms with Gasteiger partial charge >= 0.3 is 0 Å². The topological polar surface area (TPSA) is 71.1 Å². The predicted molar refractivity (Wildman–Crippen MR) is 110 cm³/mol. The molecule has 0 aliphatic rings. The first-order valence-corrected chi connectivity index (χ1v) is 10.1. The SMILES string of the molecule is CC(C)(C)c1ccc(S(=O)(=O)Nc2ccc(Nc3ccccc3)nc2)cc1. The van der Waals surface area contributed by atoms with Crippen molar-refractivity contribution in [2.45, 2.75) is 31.1 Å². The highest BCUT2D eigenvalue weighted by atomic mass is 32.2. The number of hydrogen-bond acceptors (Lipinski definition) is 4. The van der Waals surface area contributed by atoms with Gasteiger partial charge in [-0.25, -0.2) is 13.4 Å². The Hall–Kier alpha value is -2.86. The average Bonchev–Trinajstić information content (AvgIpc) is 2.63. The van der Waals surface area contributed by atoms with Gasteiger partial charge in [-0.2, -0.15) is 0 Å². The van der Waals surface area contributed by atoms with Gasteiger partial charge in [-0.1, -0.05) is 51.1 Å². The quantitative estimate of drug-likeness (QED) is 0.658. The lowest BCUT2D eigenvalue weighted by atomic mass is 9.87. The van der Waals surface area contributed by atoms with Gasteiger partial charge in [-0.15, -0.1) is 0 Å². The highest BCUT2D eigenvalue weighted by Gasteiger charge is 2.17. The molecule has 0 amide bonds. The van der Waals surface area contributed by atoms with Gasteiger partial charge in [0, 0.05) is 5.69 Å². The van der Waals surface area contributed by atoms with Crippen LogP contribution in [0.5, 0.6) is 0 Å². The maximum absolute atomic E-state index is 12.6. The molecule has 3 rings (SSSR count). The van der Waals surface area contributed by atoms with Crippen molar-refractivity contribution in [2.24, 2.45) is 0 Å². The highest BCUT2D eigenvalue weighted by molar-refractivity contribution is 7.92. The third kappa shape index (κ3) is 4.86. The maximum Gasteiger partial charge on any atom is 0.261 e. The van der Waals surface area contributed by atoms with Crippen LogP contribution < -0.4 is 10.0 Å². The lowest BCUT2D eigenvalue weighted by Crippen LogP contribution is -2.15. The van der Waals surface area contributed by atoms with Crippen LogP contribution in [0.25, 0.3) is 0 Å². The van der Waals surface area contributed by atoms with Gasteiger partial charge < -0.3 is 5.32 Å². The fourth-order valence-electron chi connectivity index (χ4n) is 2.55. The van der Waals surface area contributed by atoms with Crippen molar-refractivity contribution in [3.8, 4) is 0 Å². The predicted octanol–water partition coefficient (Wildman–Crippen LogP) is 4.92. The molecule has 0 aliphatic heterocycles. The molecule has 1 aromatic heterocycles. The first kappa shape index (κ1) is 18.9. The Morgan fingerprint density at radius 3 is 2.04 bits per heavy atom. The third-order valence-corrected chi connectivity index (χ3v) is 5.49. The van der Waals surface area contributed by atoms with E-state index in [2.05, 4.69) is 35.8 Å². The van der Waals surface area contributed by atoms with E-state index >= 15 is 0 Å². The number of nitrogens with one attached hydrogen (secondary N) is 2. The average molecular weight is 382 g/mol. The van der Waals surface area contributed by atoms with Crippen molar-refractivity contribution in [3.63, 3.8) is 0 Å². The number of sulfonamides is 1. The van der Waals surface area contributed by atoms with Crippen molar-refractivity contribution in [1.82, 2.24) is 4.98 Å². The van der Waals surface area contributed by atoms with E-state index in [1.807, 2.05) is 42.5 Å². The molecule has 0 saturated heterocycles. The van der Waals surface area contributed by atoms with Crippen LogP contribution >= 0.6 is 0 Å². The van der Waals surface area contributed by atoms with Crippen LogP contribution in [0.2, 0.25) is 0 Å². The first-order chi connectivity index (χ1) is 12.7. The minimum Gasteiger partial charge on any atom is -0.340 e. The van der Waals surface area contributed by atoms with Crippen LogP contribution in [0.15, 0.2) is 77.8 Å². The summed E-state index contributed by atoms with van der Waals surface area (Å²) >= 11 is 0. The summed E-state index contributed by atoms with van der Waals surface area (Å²) in [6.07, 6.45) is 1.49. The number of hydrogen-bond donors (Lipinski definition) is 2. The number of anilines is 3. The molecule has 0 unspecified atom stereocenters. The number of rotatable bonds is 5. The molecule has 0 radical (unpaired) electrons. The highest BCUT2D eigenvalue weighted by Crippen LogP contribution is 2.24. The Bertz CT molecular complexity index is 992. The second-order valence-electron chi connectivity index (χ2n) is 7.30. The first-order valence-electron chi connectivity index (χ1n) is 8.65. The van der Waals surface area contributed by atoms with Crippen LogP contribution in [0.4, 0.5) is 17.2 Å². The molecule has 0 aliphatic carbocycles. The molecule has 6 heteroatoms. The third-order valence-electron chi connectivity index (χ3n) is 4.09. The second kappa shape index (κ2) is 7.40. The molecule has 0 bridgehead atoms. The molecule has 0 spiro atoms. The molecule has 1 heterocycles. The van der Waals surface area contributed by atoms with Crippen molar-refractivity contribution in [1.29, 1.82) is 0 Å². The van der Waals surface area contributed by atoms with E-state index in [4.69, 9.17) is 0 Å². The molecule has 3 aromatic rings. The van der Waals surface area contributed by atoms with Crippen LogP contribution in [0, 0.1) is 0 Å². The van der Waals surface area contributed by atoms with E-state index in [1.165, 1.54) is 6.20 Å². The molecule has 140 valence electrons. The number of pyridine rings is 1. The van der Waals surface area contributed by atoms with Crippen LogP contribution in [-0.2, 0) is 15.4 Å². The van der Waals surface area contributed by atoms with Gasteiger partial charge in [0.1, 0.15) is 5.82 Å². The van der Waals surface area contributed by atoms with E-state index in [0.717, 1.165) is 11.3 Å². The molecule has 2 N–H and O–H groups in total. The lowest BCUT2D eigenvalue weighted by Gasteiger charge is -2.19. The molecule has 5 nitrogen and oxygen atoms in total. The van der Waals surface area contributed by atoms with E-state index in [1.54, 1.807) is 24.3 Å². The molecule has 0 fully saturated rings. The van der Waals surface area contributed by atoms with Crippen molar-refractivity contribution in [2.75, 3.05) is 10.0 Å². The summed E-state index contributed by atoms with van der Waals surface area (Å²) in [6.45, 7) is 6.27. The van der Waals surface area contributed by atoms with Gasteiger partial charge in [-0.3, -0.25) is 4.72 Å². The van der Waals surface area contributed by atoms with Crippen molar-refractivity contribution < 1.29 is 8.42 Å². The largest absolute Gasteiger partial charge is 0.340 e. The minimum atomic E-state index is -3.66. The summed E-state index contributed by atoms with van der Waals surface area (Å²) in [6, 6.07) is 20.0. The molecular weight excluding hydrogens is 358 g/mol. The Morgan fingerprint density at radius 2 is 1.48 bits per heavy atom. The summed E-state index contributed by atoms with van der Waals surface area (Å²) in [5.41, 5.74) is 2.38. The summed E-state index contributed by atoms with van der Waals surface area (Å²) in [5.74, 6) is 0.638. The van der Waals surface area contributed by atoms with Crippen molar-refractivity contribution in [3.05, 3.63) is 78.5 Å². The molecule has 0 saturated carbocycles. The zero-order valence-electron chi connectivity index (χ0n) is 15.6. The smallest absolute Gasteiger partial charge is 0.261 e. The second-order valence-corrected chi connectivity index (χ2v) is 8.99. The van der Waals surface area contributed by atoms with E-state index < -0.39 is 10.0 Å². The lowest BCUT2D eigenvalue weighted by molar-refractivity contribution is 0.587. The Kier molecular flexibility index (Phi) is 5.19. The van der Waals surface area contributed by atoms with E-state index in [-0.39, 0.29) is 10.3 Å². The minimum absolute atomic E-state index is 0.0266. The normalized spacial score (nSPS) is 11.8. The maximum atomic E-state index is 12.6. The standard InChI is InChI=1S/C21H23N3O2S/c1-21(2,3)16-9-12-19(13-10-16)27(25,26)24-18-11-14-20(22-15-18)23-17-7-5-4-6-8-17/h4-15,24H,1-3H3,(H,22,23). The van der Waals surface area contributed by atoms with Gasteiger partial charge in [0.15, 0.2) is 0 Å². The summed E-state index contributed by atoms with van der Waals surface area (Å²) < 4.78 is 27.7. The van der Waals surface area contributed by atoms with Crippen molar-refractivity contribution >= 4 is 27.2 Å². The Labute approximate surface area is 160 Å². The summed E-state index contributed by atoms with van der Waals surface area (Å²) in [7, 11) is -3.66. The number of aromatic nitrogens is 1. The zero-order chi connectivity index (χ0) is 19.5. The molecule has 0 atom stereocenters. The van der Waals surface area contributed by atoms with Crippen LogP contribution in [0.1, 0.15) is 26.3 Å². The molecular formula is C21H23N3O2S. The fourth-order valence-corrected chi connectivity index (χ4v) is 3.59. The van der Waals surface area contributed by atoms with Gasteiger partial charge in [-0.05, 0) is 47.4 Å². The number of nitrogens with zero attached hydrogens (tertiary/aromatic N) is 1. The number of benzene rings is 2. The van der Waals surface area contributed by atoms with Crippen LogP contribution in [-0.4, -0.2) is 13.4 Å². The summed E-state index contributed by atoms with van der Waals surface area (Å²) in [4.78, 5) is 4.48. The number of para-hydroxylation sites is 1. The fraction of sp³-hybridized carbons (Fsp3) is 0.190. The Balaban J connectivity index is 1.72.